The van der Waals surface area contributed by atoms with Crippen molar-refractivity contribution in [2.75, 3.05) is 13.2 Å². The Kier molecular flexibility index (Phi) is 6.32. The van der Waals surface area contributed by atoms with Gasteiger partial charge in [0, 0.05) is 17.2 Å². The average Bonchev–Trinajstić information content (AvgIpc) is 3.45. The minimum absolute atomic E-state index is 0.162. The van der Waals surface area contributed by atoms with Crippen LogP contribution in [0.5, 0.6) is 0 Å². The van der Waals surface area contributed by atoms with Gasteiger partial charge in [-0.25, -0.2) is 9.78 Å². The van der Waals surface area contributed by atoms with Gasteiger partial charge in [-0.2, -0.15) is 0 Å². The summed E-state index contributed by atoms with van der Waals surface area (Å²) in [5.41, 5.74) is 0.943. The van der Waals surface area contributed by atoms with Gasteiger partial charge in [0.25, 0.3) is 8.32 Å². The molecule has 3 aromatic rings. The Hall–Kier alpha value is -2.74. The van der Waals surface area contributed by atoms with E-state index in [2.05, 4.69) is 74.3 Å². The maximum atomic E-state index is 12.0. The van der Waals surface area contributed by atoms with E-state index in [0.29, 0.717) is 13.2 Å². The predicted molar refractivity (Wildman–Crippen MR) is 132 cm³/mol. The van der Waals surface area contributed by atoms with Crippen molar-refractivity contribution in [3.63, 3.8) is 0 Å². The molecular formula is C25H28N2O3SSi. The number of carboxylic acid groups (broad SMARTS) is 1. The summed E-state index contributed by atoms with van der Waals surface area (Å²) >= 11 is 1.53. The Morgan fingerprint density at radius 1 is 1.12 bits per heavy atom. The molecule has 1 N–H and O–H groups in total. The maximum Gasteiger partial charge on any atom is 0.408 e. The standard InChI is InChI=1S/C25H28N2O3SSi/c1-25(2,3)32(21-10-6-4-7-11-21,22-12-8-5-9-13-22)30-18-20-16-19(17-27(20)24(28)29)23-26-14-15-31-23/h4-16,20H,17-18H2,1-3H3,(H,28,29). The van der Waals surface area contributed by atoms with E-state index in [1.165, 1.54) is 26.6 Å². The van der Waals surface area contributed by atoms with Crippen LogP contribution in [0.1, 0.15) is 25.8 Å². The Morgan fingerprint density at radius 3 is 2.19 bits per heavy atom. The lowest BCUT2D eigenvalue weighted by Crippen LogP contribution is -2.67. The number of rotatable bonds is 6. The summed E-state index contributed by atoms with van der Waals surface area (Å²) in [6, 6.07) is 20.5. The highest BCUT2D eigenvalue weighted by Gasteiger charge is 2.50. The van der Waals surface area contributed by atoms with E-state index < -0.39 is 14.4 Å². The summed E-state index contributed by atoms with van der Waals surface area (Å²) in [5, 5.41) is 14.8. The SMILES string of the molecule is CC(C)(C)[Si](OCC1C=C(c2nccs2)CN1C(=O)O)(c1ccccc1)c1ccccc1. The third-order valence-corrected chi connectivity index (χ3v) is 11.8. The summed E-state index contributed by atoms with van der Waals surface area (Å²) in [6.45, 7) is 7.30. The topological polar surface area (TPSA) is 62.7 Å². The molecule has 2 heterocycles. The first-order valence-corrected chi connectivity index (χ1v) is 13.5. The van der Waals surface area contributed by atoms with Crippen LogP contribution < -0.4 is 10.4 Å². The zero-order valence-corrected chi connectivity index (χ0v) is 20.4. The molecule has 0 radical (unpaired) electrons. The zero-order valence-electron chi connectivity index (χ0n) is 18.6. The van der Waals surface area contributed by atoms with Crippen molar-refractivity contribution in [3.05, 3.63) is 83.3 Å². The van der Waals surface area contributed by atoms with E-state index in [0.717, 1.165) is 10.6 Å². The summed E-state index contributed by atoms with van der Waals surface area (Å²) in [4.78, 5) is 17.8. The first-order chi connectivity index (χ1) is 15.3. The molecule has 1 atom stereocenters. The molecule has 4 rings (SSSR count). The van der Waals surface area contributed by atoms with Crippen LogP contribution in [-0.2, 0) is 4.43 Å². The van der Waals surface area contributed by atoms with Crippen LogP contribution in [0.2, 0.25) is 5.04 Å². The lowest BCUT2D eigenvalue weighted by atomic mass is 10.2. The summed E-state index contributed by atoms with van der Waals surface area (Å²) in [6.07, 6.45) is 2.81. The van der Waals surface area contributed by atoms with E-state index in [-0.39, 0.29) is 11.1 Å². The fourth-order valence-corrected chi connectivity index (χ4v) is 9.75. The Labute approximate surface area is 194 Å². The van der Waals surface area contributed by atoms with Gasteiger partial charge < -0.3 is 9.53 Å². The van der Waals surface area contributed by atoms with E-state index in [1.807, 2.05) is 23.6 Å². The molecule has 1 aliphatic rings. The van der Waals surface area contributed by atoms with E-state index in [1.54, 1.807) is 6.20 Å². The smallest absolute Gasteiger partial charge is 0.408 e. The number of amides is 1. The maximum absolute atomic E-state index is 12.0. The van der Waals surface area contributed by atoms with E-state index in [4.69, 9.17) is 4.43 Å². The van der Waals surface area contributed by atoms with Crippen molar-refractivity contribution in [3.8, 4) is 0 Å². The van der Waals surface area contributed by atoms with Crippen molar-refractivity contribution >= 4 is 41.7 Å². The van der Waals surface area contributed by atoms with Gasteiger partial charge in [0.1, 0.15) is 5.01 Å². The number of nitrogens with zero attached hydrogens (tertiary/aromatic N) is 2. The molecule has 0 aliphatic carbocycles. The molecule has 1 aromatic heterocycles. The number of thiazole rings is 1. The molecule has 166 valence electrons. The molecule has 32 heavy (non-hydrogen) atoms. The molecule has 2 aromatic carbocycles. The number of aromatic nitrogens is 1. The Morgan fingerprint density at radius 2 is 1.72 bits per heavy atom. The lowest BCUT2D eigenvalue weighted by molar-refractivity contribution is 0.128. The van der Waals surface area contributed by atoms with Gasteiger partial charge in [0.05, 0.1) is 19.2 Å². The van der Waals surface area contributed by atoms with Gasteiger partial charge in [-0.15, -0.1) is 11.3 Å². The molecule has 5 nitrogen and oxygen atoms in total. The Balaban J connectivity index is 1.74. The van der Waals surface area contributed by atoms with E-state index in [9.17, 15) is 9.90 Å². The van der Waals surface area contributed by atoms with Crippen molar-refractivity contribution in [2.45, 2.75) is 31.9 Å². The van der Waals surface area contributed by atoms with Gasteiger partial charge >= 0.3 is 6.09 Å². The average molecular weight is 465 g/mol. The van der Waals surface area contributed by atoms with Crippen molar-refractivity contribution in [1.29, 1.82) is 0 Å². The van der Waals surface area contributed by atoms with Gasteiger partial charge in [0.2, 0.25) is 0 Å². The van der Waals surface area contributed by atoms with Crippen LogP contribution in [0.4, 0.5) is 4.79 Å². The zero-order chi connectivity index (χ0) is 22.8. The molecule has 0 saturated heterocycles. The summed E-state index contributed by atoms with van der Waals surface area (Å²) < 4.78 is 6.97. The second kappa shape index (κ2) is 9.01. The molecule has 1 aliphatic heterocycles. The number of benzene rings is 2. The fourth-order valence-electron chi connectivity index (χ4n) is 4.52. The fraction of sp³-hybridized carbons (Fsp3) is 0.280. The number of hydrogen-bond donors (Lipinski definition) is 1. The number of hydrogen-bond acceptors (Lipinski definition) is 4. The molecule has 1 unspecified atom stereocenters. The largest absolute Gasteiger partial charge is 0.465 e. The van der Waals surface area contributed by atoms with Crippen LogP contribution in [0.25, 0.3) is 5.57 Å². The lowest BCUT2D eigenvalue weighted by Gasteiger charge is -2.43. The molecule has 0 fully saturated rings. The van der Waals surface area contributed by atoms with Crippen molar-refractivity contribution < 1.29 is 14.3 Å². The second-order valence-corrected chi connectivity index (χ2v) is 14.2. The number of carbonyl (C=O) groups is 1. The van der Waals surface area contributed by atoms with Crippen LogP contribution >= 0.6 is 11.3 Å². The van der Waals surface area contributed by atoms with Crippen LogP contribution in [0.3, 0.4) is 0 Å². The molecule has 1 amide bonds. The van der Waals surface area contributed by atoms with Gasteiger partial charge in [-0.3, -0.25) is 4.90 Å². The van der Waals surface area contributed by atoms with E-state index >= 15 is 0 Å². The molecule has 7 heteroatoms. The minimum Gasteiger partial charge on any atom is -0.465 e. The quantitative estimate of drug-likeness (QED) is 0.547. The second-order valence-electron chi connectivity index (χ2n) is 8.98. The monoisotopic (exact) mass is 464 g/mol. The normalized spacial score (nSPS) is 16.8. The Bertz CT molecular complexity index is 1040. The highest BCUT2D eigenvalue weighted by atomic mass is 32.1. The summed E-state index contributed by atoms with van der Waals surface area (Å²) in [5.74, 6) is 0. The minimum atomic E-state index is -2.73. The highest BCUT2D eigenvalue weighted by Crippen LogP contribution is 2.37. The van der Waals surface area contributed by atoms with Crippen LogP contribution in [-0.4, -0.2) is 48.6 Å². The first-order valence-electron chi connectivity index (χ1n) is 10.7. The van der Waals surface area contributed by atoms with Crippen molar-refractivity contribution in [1.82, 2.24) is 9.88 Å². The molecule has 0 bridgehead atoms. The van der Waals surface area contributed by atoms with Gasteiger partial charge in [0.15, 0.2) is 0 Å². The first kappa shape index (κ1) is 22.5. The van der Waals surface area contributed by atoms with Gasteiger partial charge in [-0.1, -0.05) is 87.5 Å². The highest BCUT2D eigenvalue weighted by molar-refractivity contribution is 7.10. The molecular weight excluding hydrogens is 436 g/mol. The third-order valence-electron chi connectivity index (χ3n) is 5.97. The van der Waals surface area contributed by atoms with Crippen molar-refractivity contribution in [2.24, 2.45) is 0 Å². The van der Waals surface area contributed by atoms with Crippen LogP contribution in [0, 0.1) is 0 Å². The molecule has 0 spiro atoms. The predicted octanol–water partition coefficient (Wildman–Crippen LogP) is 4.47. The molecule has 0 saturated carbocycles. The van der Waals surface area contributed by atoms with Gasteiger partial charge in [-0.05, 0) is 15.4 Å². The summed E-state index contributed by atoms with van der Waals surface area (Å²) in [7, 11) is -2.73. The van der Waals surface area contributed by atoms with Crippen LogP contribution in [0.15, 0.2) is 78.3 Å². The third kappa shape index (κ3) is 4.15.